The summed E-state index contributed by atoms with van der Waals surface area (Å²) in [6.07, 6.45) is 5.00. The molecule has 0 saturated heterocycles. The molecule has 0 amide bonds. The lowest BCUT2D eigenvalue weighted by Crippen LogP contribution is -2.20. The van der Waals surface area contributed by atoms with Gasteiger partial charge in [0.25, 0.3) is 0 Å². The van der Waals surface area contributed by atoms with Crippen molar-refractivity contribution in [1.82, 2.24) is 0 Å². The predicted molar refractivity (Wildman–Crippen MR) is 68.4 cm³/mol. The molecule has 2 N–H and O–H groups in total. The van der Waals surface area contributed by atoms with Crippen LogP contribution in [0.5, 0.6) is 11.5 Å². The van der Waals surface area contributed by atoms with Crippen LogP contribution < -0.4 is 15.2 Å². The first-order chi connectivity index (χ1) is 8.27. The molecule has 1 atom stereocenters. The summed E-state index contributed by atoms with van der Waals surface area (Å²) in [4.78, 5) is 0. The summed E-state index contributed by atoms with van der Waals surface area (Å²) in [6, 6.07) is 5.85. The second-order valence-electron chi connectivity index (χ2n) is 4.65. The third kappa shape index (κ3) is 2.39. The predicted octanol–water partition coefficient (Wildman–Crippen LogP) is 2.89. The molecule has 1 saturated carbocycles. The highest BCUT2D eigenvalue weighted by Gasteiger charge is 2.27. The topological polar surface area (TPSA) is 44.5 Å². The lowest BCUT2D eigenvalue weighted by atomic mass is 9.91. The van der Waals surface area contributed by atoms with Crippen LogP contribution in [0.3, 0.4) is 0 Å². The molecule has 0 bridgehead atoms. The highest BCUT2D eigenvalue weighted by atomic mass is 16.5. The molecule has 0 spiro atoms. The number of nitrogens with two attached hydrogens (primary N) is 1. The van der Waals surface area contributed by atoms with Crippen molar-refractivity contribution in [2.45, 2.75) is 31.7 Å². The molecule has 0 radical (unpaired) electrons. The van der Waals surface area contributed by atoms with Gasteiger partial charge >= 0.3 is 0 Å². The summed E-state index contributed by atoms with van der Waals surface area (Å²) in [5.41, 5.74) is 7.41. The molecule has 1 aromatic carbocycles. The molecule has 0 aliphatic heterocycles. The Morgan fingerprint density at radius 3 is 2.12 bits per heavy atom. The Bertz CT molecular complexity index is 350. The zero-order valence-corrected chi connectivity index (χ0v) is 10.6. The number of methoxy groups -OCH3 is 2. The van der Waals surface area contributed by atoms with E-state index in [1.807, 2.05) is 18.2 Å². The fourth-order valence-corrected chi connectivity index (χ4v) is 2.76. The molecule has 3 heteroatoms. The first kappa shape index (κ1) is 12.2. The maximum atomic E-state index is 6.39. The van der Waals surface area contributed by atoms with E-state index in [2.05, 4.69) is 0 Å². The van der Waals surface area contributed by atoms with E-state index in [1.165, 1.54) is 25.7 Å². The van der Waals surface area contributed by atoms with E-state index in [9.17, 15) is 0 Å². The Kier molecular flexibility index (Phi) is 3.89. The van der Waals surface area contributed by atoms with Crippen LogP contribution >= 0.6 is 0 Å². The minimum absolute atomic E-state index is 0.0172. The van der Waals surface area contributed by atoms with Crippen molar-refractivity contribution in [3.8, 4) is 11.5 Å². The van der Waals surface area contributed by atoms with Crippen molar-refractivity contribution >= 4 is 0 Å². The molecular weight excluding hydrogens is 214 g/mol. The summed E-state index contributed by atoms with van der Waals surface area (Å²) in [6.45, 7) is 0. The minimum Gasteiger partial charge on any atom is -0.496 e. The van der Waals surface area contributed by atoms with Crippen LogP contribution in [0, 0.1) is 5.92 Å². The van der Waals surface area contributed by atoms with Crippen molar-refractivity contribution in [1.29, 1.82) is 0 Å². The number of hydrogen-bond donors (Lipinski definition) is 1. The summed E-state index contributed by atoms with van der Waals surface area (Å²) in [7, 11) is 3.36. The second kappa shape index (κ2) is 5.41. The summed E-state index contributed by atoms with van der Waals surface area (Å²) < 4.78 is 10.8. The molecule has 17 heavy (non-hydrogen) atoms. The number of ether oxygens (including phenoxy) is 2. The van der Waals surface area contributed by atoms with Gasteiger partial charge in [0, 0.05) is 6.04 Å². The fourth-order valence-electron chi connectivity index (χ4n) is 2.76. The third-order valence-electron chi connectivity index (χ3n) is 3.71. The van der Waals surface area contributed by atoms with Crippen molar-refractivity contribution in [3.05, 3.63) is 23.8 Å². The molecule has 1 aliphatic rings. The Morgan fingerprint density at radius 1 is 1.12 bits per heavy atom. The lowest BCUT2D eigenvalue weighted by Gasteiger charge is -2.23. The van der Waals surface area contributed by atoms with E-state index in [0.29, 0.717) is 5.92 Å². The molecule has 94 valence electrons. The van der Waals surface area contributed by atoms with Gasteiger partial charge < -0.3 is 15.2 Å². The van der Waals surface area contributed by atoms with Crippen LogP contribution in [0.25, 0.3) is 0 Å². The molecule has 0 aromatic heterocycles. The standard InChI is InChI=1S/C14H21NO2/c1-16-11-8-5-9-12(17-2)13(11)14(15)10-6-3-4-7-10/h5,8-10,14H,3-4,6-7,15H2,1-2H3/t14-/m1/s1. The molecule has 0 unspecified atom stereocenters. The van der Waals surface area contributed by atoms with Crippen LogP contribution in [0.2, 0.25) is 0 Å². The van der Waals surface area contributed by atoms with Crippen LogP contribution in [0.4, 0.5) is 0 Å². The van der Waals surface area contributed by atoms with Crippen molar-refractivity contribution < 1.29 is 9.47 Å². The van der Waals surface area contributed by atoms with Crippen LogP contribution in [-0.2, 0) is 0 Å². The van der Waals surface area contributed by atoms with Gasteiger partial charge in [-0.2, -0.15) is 0 Å². The van der Waals surface area contributed by atoms with Crippen LogP contribution in [-0.4, -0.2) is 14.2 Å². The van der Waals surface area contributed by atoms with Crippen LogP contribution in [0.1, 0.15) is 37.3 Å². The molecule has 3 nitrogen and oxygen atoms in total. The maximum Gasteiger partial charge on any atom is 0.127 e. The monoisotopic (exact) mass is 235 g/mol. The van der Waals surface area contributed by atoms with E-state index in [-0.39, 0.29) is 6.04 Å². The van der Waals surface area contributed by atoms with Crippen molar-refractivity contribution in [2.24, 2.45) is 11.7 Å². The van der Waals surface area contributed by atoms with E-state index >= 15 is 0 Å². The average Bonchev–Trinajstić information content (AvgIpc) is 2.90. The maximum absolute atomic E-state index is 6.39. The zero-order valence-electron chi connectivity index (χ0n) is 10.6. The van der Waals surface area contributed by atoms with Gasteiger partial charge in [-0.3, -0.25) is 0 Å². The van der Waals surface area contributed by atoms with Crippen LogP contribution in [0.15, 0.2) is 18.2 Å². The fraction of sp³-hybridized carbons (Fsp3) is 0.571. The lowest BCUT2D eigenvalue weighted by molar-refractivity contribution is 0.357. The number of hydrogen-bond acceptors (Lipinski definition) is 3. The molecule has 1 aromatic rings. The van der Waals surface area contributed by atoms with Gasteiger partial charge in [0.15, 0.2) is 0 Å². The van der Waals surface area contributed by atoms with Crippen molar-refractivity contribution in [2.75, 3.05) is 14.2 Å². The Hall–Kier alpha value is -1.22. The average molecular weight is 235 g/mol. The van der Waals surface area contributed by atoms with Gasteiger partial charge in [-0.05, 0) is 30.9 Å². The normalized spacial score (nSPS) is 18.1. The molecular formula is C14H21NO2. The molecule has 1 fully saturated rings. The number of rotatable bonds is 4. The van der Waals surface area contributed by atoms with Gasteiger partial charge in [0.05, 0.1) is 19.8 Å². The summed E-state index contributed by atoms with van der Waals surface area (Å²) >= 11 is 0. The second-order valence-corrected chi connectivity index (χ2v) is 4.65. The Labute approximate surface area is 103 Å². The summed E-state index contributed by atoms with van der Waals surface area (Å²) in [5.74, 6) is 2.23. The number of benzene rings is 1. The smallest absolute Gasteiger partial charge is 0.127 e. The summed E-state index contributed by atoms with van der Waals surface area (Å²) in [5, 5.41) is 0. The van der Waals surface area contributed by atoms with E-state index in [1.54, 1.807) is 14.2 Å². The first-order valence-corrected chi connectivity index (χ1v) is 6.24. The highest BCUT2D eigenvalue weighted by molar-refractivity contribution is 5.47. The van der Waals surface area contributed by atoms with E-state index < -0.39 is 0 Å². The SMILES string of the molecule is COc1cccc(OC)c1[C@H](N)C1CCCC1. The third-order valence-corrected chi connectivity index (χ3v) is 3.71. The molecule has 0 heterocycles. The molecule has 2 rings (SSSR count). The highest BCUT2D eigenvalue weighted by Crippen LogP contribution is 2.41. The van der Waals surface area contributed by atoms with Gasteiger partial charge in [-0.15, -0.1) is 0 Å². The van der Waals surface area contributed by atoms with E-state index in [4.69, 9.17) is 15.2 Å². The largest absolute Gasteiger partial charge is 0.496 e. The zero-order chi connectivity index (χ0) is 12.3. The van der Waals surface area contributed by atoms with Gasteiger partial charge in [0.2, 0.25) is 0 Å². The van der Waals surface area contributed by atoms with Crippen molar-refractivity contribution in [3.63, 3.8) is 0 Å². The van der Waals surface area contributed by atoms with Gasteiger partial charge in [-0.25, -0.2) is 0 Å². The molecule has 1 aliphatic carbocycles. The van der Waals surface area contributed by atoms with E-state index in [0.717, 1.165) is 17.1 Å². The first-order valence-electron chi connectivity index (χ1n) is 6.24. The van der Waals surface area contributed by atoms with Gasteiger partial charge in [0.1, 0.15) is 11.5 Å². The minimum atomic E-state index is 0.0172. The van der Waals surface area contributed by atoms with Gasteiger partial charge in [-0.1, -0.05) is 18.9 Å². The Morgan fingerprint density at radius 2 is 1.65 bits per heavy atom. The Balaban J connectivity index is 2.33. The quantitative estimate of drug-likeness (QED) is 0.872.